The van der Waals surface area contributed by atoms with Crippen LogP contribution in [0.25, 0.3) is 10.9 Å². The van der Waals surface area contributed by atoms with Crippen molar-refractivity contribution in [3.63, 3.8) is 0 Å². The number of hydrogen-bond donors (Lipinski definition) is 0. The van der Waals surface area contributed by atoms with E-state index in [1.54, 1.807) is 4.90 Å². The number of piperidine rings is 1. The topological polar surface area (TPSA) is 75.4 Å². The Morgan fingerprint density at radius 1 is 1.14 bits per heavy atom. The van der Waals surface area contributed by atoms with Crippen LogP contribution >= 0.6 is 0 Å². The maximum atomic E-state index is 12.8. The zero-order valence-corrected chi connectivity index (χ0v) is 16.3. The highest BCUT2D eigenvalue weighted by Crippen LogP contribution is 2.24. The van der Waals surface area contributed by atoms with Crippen LogP contribution in [0.4, 0.5) is 6.01 Å². The van der Waals surface area contributed by atoms with Crippen molar-refractivity contribution in [2.45, 2.75) is 25.7 Å². The van der Waals surface area contributed by atoms with E-state index >= 15 is 0 Å². The molecule has 7 heteroatoms. The van der Waals surface area contributed by atoms with Crippen molar-refractivity contribution >= 4 is 22.8 Å². The first-order chi connectivity index (χ1) is 13.6. The molecule has 0 spiro atoms. The molecule has 0 aliphatic carbocycles. The Morgan fingerprint density at radius 3 is 2.68 bits per heavy atom. The highest BCUT2D eigenvalue weighted by molar-refractivity contribution is 5.94. The largest absolute Gasteiger partial charge is 0.337 e. The molecule has 1 aliphatic rings. The lowest BCUT2D eigenvalue weighted by Crippen LogP contribution is -2.39. The number of benzene rings is 1. The number of anilines is 1. The standard InChI is InChI=1S/C21H25N5O2/c1-25(2)21-23-19(24-28-21)10-7-15-11-13-26(14-12-15)20(27)18-9-8-16-5-3-4-6-17(16)22-18/h3-6,8-9,15H,7,10-14H2,1-2H3. The number of rotatable bonds is 5. The van der Waals surface area contributed by atoms with Gasteiger partial charge in [-0.3, -0.25) is 4.79 Å². The molecule has 0 saturated carbocycles. The summed E-state index contributed by atoms with van der Waals surface area (Å²) in [4.78, 5) is 25.5. The number of amides is 1. The number of aryl methyl sites for hydroxylation is 1. The molecule has 0 N–H and O–H groups in total. The summed E-state index contributed by atoms with van der Waals surface area (Å²) in [5.74, 6) is 1.36. The maximum Gasteiger partial charge on any atom is 0.323 e. The second-order valence-corrected chi connectivity index (χ2v) is 7.55. The Morgan fingerprint density at radius 2 is 1.93 bits per heavy atom. The van der Waals surface area contributed by atoms with E-state index in [1.165, 1.54) is 0 Å². The van der Waals surface area contributed by atoms with Crippen LogP contribution in [0.5, 0.6) is 0 Å². The number of carbonyl (C=O) groups is 1. The predicted molar refractivity (Wildman–Crippen MR) is 107 cm³/mol. The summed E-state index contributed by atoms with van der Waals surface area (Å²) in [6.07, 6.45) is 3.82. The average Bonchev–Trinajstić information content (AvgIpc) is 3.21. The summed E-state index contributed by atoms with van der Waals surface area (Å²) >= 11 is 0. The SMILES string of the molecule is CN(C)c1nc(CCC2CCN(C(=O)c3ccc4ccccc4n3)CC2)no1. The predicted octanol–water partition coefficient (Wildman–Crippen LogP) is 3.17. The first kappa shape index (κ1) is 18.4. The van der Waals surface area contributed by atoms with Crippen LogP contribution in [0.3, 0.4) is 0 Å². The van der Waals surface area contributed by atoms with Crippen LogP contribution < -0.4 is 4.90 Å². The molecule has 28 heavy (non-hydrogen) atoms. The normalized spacial score (nSPS) is 15.1. The van der Waals surface area contributed by atoms with Gasteiger partial charge in [0.15, 0.2) is 5.82 Å². The Kier molecular flexibility index (Phi) is 5.23. The van der Waals surface area contributed by atoms with E-state index in [9.17, 15) is 4.79 Å². The number of aromatic nitrogens is 3. The summed E-state index contributed by atoms with van der Waals surface area (Å²) in [5, 5.41) is 5.08. The smallest absolute Gasteiger partial charge is 0.323 e. The molecule has 1 aliphatic heterocycles. The molecule has 1 saturated heterocycles. The van der Waals surface area contributed by atoms with Crippen LogP contribution in [0, 0.1) is 5.92 Å². The Bertz CT molecular complexity index is 960. The van der Waals surface area contributed by atoms with Crippen LogP contribution in [0.1, 0.15) is 35.6 Å². The summed E-state index contributed by atoms with van der Waals surface area (Å²) < 4.78 is 5.20. The van der Waals surface area contributed by atoms with Gasteiger partial charge in [-0.2, -0.15) is 4.98 Å². The Labute approximate surface area is 164 Å². The number of carbonyl (C=O) groups excluding carboxylic acids is 1. The van der Waals surface area contributed by atoms with Gasteiger partial charge in [-0.05, 0) is 37.3 Å². The van der Waals surface area contributed by atoms with Gasteiger partial charge in [-0.25, -0.2) is 4.98 Å². The first-order valence-electron chi connectivity index (χ1n) is 9.75. The van der Waals surface area contributed by atoms with Crippen molar-refractivity contribution in [1.82, 2.24) is 20.0 Å². The number of nitrogens with zero attached hydrogens (tertiary/aromatic N) is 5. The summed E-state index contributed by atoms with van der Waals surface area (Å²) in [6, 6.07) is 12.2. The molecule has 3 heterocycles. The lowest BCUT2D eigenvalue weighted by Gasteiger charge is -2.31. The minimum absolute atomic E-state index is 0.0259. The molecule has 0 atom stereocenters. The number of para-hydroxylation sites is 1. The van der Waals surface area contributed by atoms with Crippen LogP contribution in [0.15, 0.2) is 40.9 Å². The van der Waals surface area contributed by atoms with Crippen molar-refractivity contribution < 1.29 is 9.32 Å². The summed E-state index contributed by atoms with van der Waals surface area (Å²) in [5.41, 5.74) is 1.39. The maximum absolute atomic E-state index is 12.8. The number of fused-ring (bicyclic) bond motifs is 1. The molecule has 3 aromatic rings. The summed E-state index contributed by atoms with van der Waals surface area (Å²) in [6.45, 7) is 1.54. The fourth-order valence-corrected chi connectivity index (χ4v) is 3.63. The van der Waals surface area contributed by atoms with Crippen LogP contribution in [-0.4, -0.2) is 53.1 Å². The molecule has 1 aromatic carbocycles. The van der Waals surface area contributed by atoms with Gasteiger partial charge < -0.3 is 14.3 Å². The van der Waals surface area contributed by atoms with Crippen molar-refractivity contribution in [3.05, 3.63) is 47.9 Å². The zero-order chi connectivity index (χ0) is 19.5. The van der Waals surface area contributed by atoms with Crippen molar-refractivity contribution in [1.29, 1.82) is 0 Å². The van der Waals surface area contributed by atoms with Gasteiger partial charge in [0, 0.05) is 39.0 Å². The molecule has 4 rings (SSSR count). The molecule has 1 fully saturated rings. The molecule has 7 nitrogen and oxygen atoms in total. The average molecular weight is 379 g/mol. The quantitative estimate of drug-likeness (QED) is 0.678. The highest BCUT2D eigenvalue weighted by Gasteiger charge is 2.24. The molecule has 0 radical (unpaired) electrons. The molecular weight excluding hydrogens is 354 g/mol. The van der Waals surface area contributed by atoms with E-state index in [1.807, 2.05) is 55.4 Å². The van der Waals surface area contributed by atoms with Crippen LogP contribution in [0.2, 0.25) is 0 Å². The zero-order valence-electron chi connectivity index (χ0n) is 16.3. The van der Waals surface area contributed by atoms with E-state index in [2.05, 4.69) is 15.1 Å². The molecule has 0 unspecified atom stereocenters. The number of pyridine rings is 1. The van der Waals surface area contributed by atoms with Crippen LogP contribution in [-0.2, 0) is 6.42 Å². The molecular formula is C21H25N5O2. The van der Waals surface area contributed by atoms with E-state index in [-0.39, 0.29) is 5.91 Å². The fourth-order valence-electron chi connectivity index (χ4n) is 3.63. The second-order valence-electron chi connectivity index (χ2n) is 7.55. The number of hydrogen-bond acceptors (Lipinski definition) is 6. The fraction of sp³-hybridized carbons (Fsp3) is 0.429. The molecule has 0 bridgehead atoms. The third-order valence-corrected chi connectivity index (χ3v) is 5.34. The van der Waals surface area contributed by atoms with Gasteiger partial charge in [0.2, 0.25) is 0 Å². The van der Waals surface area contributed by atoms with E-state index in [0.717, 1.165) is 55.5 Å². The Hall–Kier alpha value is -2.96. The lowest BCUT2D eigenvalue weighted by molar-refractivity contribution is 0.0681. The Balaban J connectivity index is 1.30. The van der Waals surface area contributed by atoms with Crippen molar-refractivity contribution in [2.24, 2.45) is 5.92 Å². The summed E-state index contributed by atoms with van der Waals surface area (Å²) in [7, 11) is 3.77. The van der Waals surface area contributed by atoms with Crippen molar-refractivity contribution in [3.8, 4) is 0 Å². The third kappa shape index (κ3) is 3.98. The van der Waals surface area contributed by atoms with Gasteiger partial charge in [0.25, 0.3) is 5.91 Å². The molecule has 2 aromatic heterocycles. The number of likely N-dealkylation sites (tertiary alicyclic amines) is 1. The minimum Gasteiger partial charge on any atom is -0.337 e. The monoisotopic (exact) mass is 379 g/mol. The highest BCUT2D eigenvalue weighted by atomic mass is 16.5. The lowest BCUT2D eigenvalue weighted by atomic mass is 9.92. The van der Waals surface area contributed by atoms with Gasteiger partial charge in [0.05, 0.1) is 5.52 Å². The molecule has 1 amide bonds. The van der Waals surface area contributed by atoms with E-state index < -0.39 is 0 Å². The van der Waals surface area contributed by atoms with Gasteiger partial charge in [-0.15, -0.1) is 0 Å². The molecule has 146 valence electrons. The first-order valence-corrected chi connectivity index (χ1v) is 9.75. The third-order valence-electron chi connectivity index (χ3n) is 5.34. The second kappa shape index (κ2) is 7.96. The van der Waals surface area contributed by atoms with E-state index in [4.69, 9.17) is 4.52 Å². The van der Waals surface area contributed by atoms with Gasteiger partial charge in [0.1, 0.15) is 5.69 Å². The van der Waals surface area contributed by atoms with Gasteiger partial charge in [-0.1, -0.05) is 29.4 Å². The van der Waals surface area contributed by atoms with E-state index in [0.29, 0.717) is 17.6 Å². The minimum atomic E-state index is 0.0259. The van der Waals surface area contributed by atoms with Crippen molar-refractivity contribution in [2.75, 3.05) is 32.1 Å². The van der Waals surface area contributed by atoms with Gasteiger partial charge >= 0.3 is 6.01 Å².